The molecule has 8 heteroatoms. The molecule has 0 radical (unpaired) electrons. The molecule has 1 aromatic heterocycles. The number of thioether (sulfide) groups is 1. The average molecular weight is 390 g/mol. The highest BCUT2D eigenvalue weighted by Crippen LogP contribution is 2.33. The molecule has 2 heterocycles. The van der Waals surface area contributed by atoms with Gasteiger partial charge in [-0.1, -0.05) is 29.8 Å². The van der Waals surface area contributed by atoms with Gasteiger partial charge >= 0.3 is 0 Å². The Hall–Kier alpha value is -2.51. The lowest BCUT2D eigenvalue weighted by atomic mass is 10.2. The third-order valence-corrected chi connectivity index (χ3v) is 5.11. The summed E-state index contributed by atoms with van der Waals surface area (Å²) in [5, 5.41) is 2.86. The topological polar surface area (TPSA) is 71.4 Å². The average Bonchev–Trinajstić information content (AvgIpc) is 3.15. The zero-order chi connectivity index (χ0) is 18.7. The molecule has 1 aromatic carbocycles. The molecule has 1 aliphatic rings. The number of imide groups is 1. The lowest BCUT2D eigenvalue weighted by Gasteiger charge is -2.13. The van der Waals surface area contributed by atoms with Crippen LogP contribution in [0.4, 0.5) is 4.79 Å². The van der Waals surface area contributed by atoms with Crippen LogP contribution in [-0.2, 0) is 11.8 Å². The molecule has 3 rings (SSSR count). The first-order valence-electron chi connectivity index (χ1n) is 7.87. The van der Waals surface area contributed by atoms with Gasteiger partial charge in [-0.3, -0.25) is 19.3 Å². The highest BCUT2D eigenvalue weighted by atomic mass is 35.5. The Bertz CT molecular complexity index is 907. The molecule has 0 atom stereocenters. The second-order valence-electron chi connectivity index (χ2n) is 5.62. The molecule has 0 saturated carbocycles. The van der Waals surface area contributed by atoms with Crippen molar-refractivity contribution >= 4 is 46.5 Å². The van der Waals surface area contributed by atoms with Gasteiger partial charge in [-0.15, -0.1) is 0 Å². The summed E-state index contributed by atoms with van der Waals surface area (Å²) < 4.78 is 1.70. The quantitative estimate of drug-likeness (QED) is 0.797. The Morgan fingerprint density at radius 1 is 1.23 bits per heavy atom. The van der Waals surface area contributed by atoms with Crippen LogP contribution in [-0.4, -0.2) is 39.6 Å². The van der Waals surface area contributed by atoms with Gasteiger partial charge in [0, 0.05) is 31.4 Å². The number of carbonyl (C=O) groups is 3. The molecule has 0 spiro atoms. The minimum Gasteiger partial charge on any atom is -0.349 e. The molecule has 3 amide bonds. The summed E-state index contributed by atoms with van der Waals surface area (Å²) in [4.78, 5) is 38.0. The minimum absolute atomic E-state index is 0.112. The Balaban J connectivity index is 1.62. The number of nitrogens with zero attached hydrogens (tertiary/aromatic N) is 2. The number of halogens is 1. The molecule has 6 nitrogen and oxygen atoms in total. The summed E-state index contributed by atoms with van der Waals surface area (Å²) in [6, 6.07) is 10.6. The second kappa shape index (κ2) is 7.80. The number of hydrogen-bond acceptors (Lipinski definition) is 4. The van der Waals surface area contributed by atoms with E-state index in [2.05, 4.69) is 5.32 Å². The Labute approximate surface area is 159 Å². The fraction of sp³-hybridized carbons (Fsp3) is 0.167. The Morgan fingerprint density at radius 3 is 2.69 bits per heavy atom. The SMILES string of the molecule is Cn1cccc1C(=O)NCCN1C(=O)SC(=Cc2ccccc2Cl)C1=O. The van der Waals surface area contributed by atoms with Gasteiger partial charge in [0.25, 0.3) is 17.1 Å². The number of rotatable bonds is 5. The molecule has 0 bridgehead atoms. The third kappa shape index (κ3) is 3.84. The van der Waals surface area contributed by atoms with Gasteiger partial charge in [-0.05, 0) is 41.6 Å². The summed E-state index contributed by atoms with van der Waals surface area (Å²) in [6.45, 7) is 0.294. The van der Waals surface area contributed by atoms with E-state index in [1.165, 1.54) is 0 Å². The van der Waals surface area contributed by atoms with Crippen molar-refractivity contribution in [2.75, 3.05) is 13.1 Å². The van der Waals surface area contributed by atoms with E-state index in [1.54, 1.807) is 60.3 Å². The van der Waals surface area contributed by atoms with Crippen molar-refractivity contribution in [1.82, 2.24) is 14.8 Å². The summed E-state index contributed by atoms with van der Waals surface area (Å²) in [7, 11) is 1.77. The predicted octanol–water partition coefficient (Wildman–Crippen LogP) is 3.14. The first kappa shape index (κ1) is 18.3. The van der Waals surface area contributed by atoms with Crippen LogP contribution in [0, 0.1) is 0 Å². The molecule has 0 aliphatic carbocycles. The van der Waals surface area contributed by atoms with Gasteiger partial charge in [0.05, 0.1) is 4.91 Å². The number of amides is 3. The fourth-order valence-electron chi connectivity index (χ4n) is 2.49. The lowest BCUT2D eigenvalue weighted by Crippen LogP contribution is -2.37. The molecule has 1 fully saturated rings. The van der Waals surface area contributed by atoms with Gasteiger partial charge < -0.3 is 9.88 Å². The van der Waals surface area contributed by atoms with Crippen LogP contribution < -0.4 is 5.32 Å². The van der Waals surface area contributed by atoms with Crippen LogP contribution in [0.3, 0.4) is 0 Å². The smallest absolute Gasteiger partial charge is 0.293 e. The zero-order valence-electron chi connectivity index (χ0n) is 13.9. The van der Waals surface area contributed by atoms with Crippen LogP contribution in [0.5, 0.6) is 0 Å². The summed E-state index contributed by atoms with van der Waals surface area (Å²) in [6.07, 6.45) is 3.38. The number of aryl methyl sites for hydroxylation is 1. The maximum absolute atomic E-state index is 12.4. The third-order valence-electron chi connectivity index (χ3n) is 3.86. The van der Waals surface area contributed by atoms with Gasteiger partial charge in [-0.25, -0.2) is 0 Å². The molecular formula is C18H16ClN3O3S. The van der Waals surface area contributed by atoms with E-state index in [0.29, 0.717) is 21.2 Å². The molecular weight excluding hydrogens is 374 g/mol. The standard InChI is InChI=1S/C18H16ClN3O3S/c1-21-9-4-7-14(21)16(23)20-8-10-22-17(24)15(26-18(22)25)11-12-5-2-3-6-13(12)19/h2-7,9,11H,8,10H2,1H3,(H,20,23). The Kier molecular flexibility index (Phi) is 5.49. The van der Waals surface area contributed by atoms with Crippen LogP contribution in [0.1, 0.15) is 16.1 Å². The van der Waals surface area contributed by atoms with Gasteiger partial charge in [-0.2, -0.15) is 0 Å². The monoisotopic (exact) mass is 389 g/mol. The molecule has 1 N–H and O–H groups in total. The van der Waals surface area contributed by atoms with E-state index >= 15 is 0 Å². The molecule has 134 valence electrons. The van der Waals surface area contributed by atoms with Crippen molar-refractivity contribution in [2.45, 2.75) is 0 Å². The number of aromatic nitrogens is 1. The number of benzene rings is 1. The number of carbonyl (C=O) groups excluding carboxylic acids is 3. The molecule has 2 aromatic rings. The maximum Gasteiger partial charge on any atom is 0.293 e. The second-order valence-corrected chi connectivity index (χ2v) is 7.02. The molecule has 1 aliphatic heterocycles. The van der Waals surface area contributed by atoms with Crippen LogP contribution >= 0.6 is 23.4 Å². The van der Waals surface area contributed by atoms with E-state index in [0.717, 1.165) is 16.7 Å². The molecule has 1 saturated heterocycles. The zero-order valence-corrected chi connectivity index (χ0v) is 15.5. The van der Waals surface area contributed by atoms with Crippen LogP contribution in [0.2, 0.25) is 5.02 Å². The Morgan fingerprint density at radius 2 is 2.00 bits per heavy atom. The van der Waals surface area contributed by atoms with Crippen molar-refractivity contribution in [3.63, 3.8) is 0 Å². The minimum atomic E-state index is -0.381. The normalized spacial score (nSPS) is 15.8. The largest absolute Gasteiger partial charge is 0.349 e. The van der Waals surface area contributed by atoms with Crippen molar-refractivity contribution in [2.24, 2.45) is 7.05 Å². The molecule has 0 unspecified atom stereocenters. The van der Waals surface area contributed by atoms with Gasteiger partial charge in [0.1, 0.15) is 5.69 Å². The van der Waals surface area contributed by atoms with E-state index < -0.39 is 0 Å². The predicted molar refractivity (Wildman–Crippen MR) is 102 cm³/mol. The van der Waals surface area contributed by atoms with E-state index in [-0.39, 0.29) is 30.1 Å². The van der Waals surface area contributed by atoms with Crippen molar-refractivity contribution in [3.05, 3.63) is 63.8 Å². The fourth-order valence-corrected chi connectivity index (χ4v) is 3.54. The van der Waals surface area contributed by atoms with E-state index in [9.17, 15) is 14.4 Å². The number of nitrogens with one attached hydrogen (secondary N) is 1. The van der Waals surface area contributed by atoms with Crippen LogP contribution in [0.25, 0.3) is 6.08 Å². The first-order chi connectivity index (χ1) is 12.5. The van der Waals surface area contributed by atoms with Crippen molar-refractivity contribution in [1.29, 1.82) is 0 Å². The summed E-state index contributed by atoms with van der Waals surface area (Å²) in [5.74, 6) is -0.635. The van der Waals surface area contributed by atoms with Gasteiger partial charge in [0.15, 0.2) is 0 Å². The summed E-state index contributed by atoms with van der Waals surface area (Å²) in [5.41, 5.74) is 1.19. The van der Waals surface area contributed by atoms with Crippen molar-refractivity contribution < 1.29 is 14.4 Å². The van der Waals surface area contributed by atoms with E-state index in [1.807, 2.05) is 0 Å². The lowest BCUT2D eigenvalue weighted by molar-refractivity contribution is -0.122. The number of hydrogen-bond donors (Lipinski definition) is 1. The molecule has 26 heavy (non-hydrogen) atoms. The van der Waals surface area contributed by atoms with E-state index in [4.69, 9.17) is 11.6 Å². The maximum atomic E-state index is 12.4. The highest BCUT2D eigenvalue weighted by Gasteiger charge is 2.34. The van der Waals surface area contributed by atoms with Gasteiger partial charge in [0.2, 0.25) is 0 Å². The van der Waals surface area contributed by atoms with Crippen molar-refractivity contribution in [3.8, 4) is 0 Å². The first-order valence-corrected chi connectivity index (χ1v) is 9.06. The van der Waals surface area contributed by atoms with Crippen LogP contribution in [0.15, 0.2) is 47.5 Å². The summed E-state index contributed by atoms with van der Waals surface area (Å²) >= 11 is 6.96. The highest BCUT2D eigenvalue weighted by molar-refractivity contribution is 8.18.